The number of carbonyl (C=O) groups is 1. The fourth-order valence-electron chi connectivity index (χ4n) is 4.48. The van der Waals surface area contributed by atoms with Gasteiger partial charge in [0.05, 0.1) is 24.7 Å². The highest BCUT2D eigenvalue weighted by atomic mass is 16.5. The minimum absolute atomic E-state index is 0.0461. The largest absolute Gasteiger partial charge is 0.497 e. The first-order valence-corrected chi connectivity index (χ1v) is 11.4. The molecule has 0 aliphatic carbocycles. The second-order valence-corrected chi connectivity index (χ2v) is 8.45. The number of hydrogen-bond donors (Lipinski definition) is 1. The van der Waals surface area contributed by atoms with Crippen molar-refractivity contribution in [1.82, 2.24) is 9.55 Å². The van der Waals surface area contributed by atoms with Crippen molar-refractivity contribution in [2.24, 2.45) is 0 Å². The summed E-state index contributed by atoms with van der Waals surface area (Å²) in [6.07, 6.45) is -0.375. The lowest BCUT2D eigenvalue weighted by molar-refractivity contribution is -0.117. The lowest BCUT2D eigenvalue weighted by Gasteiger charge is -2.19. The minimum atomic E-state index is -0.733. The third kappa shape index (κ3) is 4.47. The van der Waals surface area contributed by atoms with Gasteiger partial charge < -0.3 is 24.0 Å². The smallest absolute Gasteiger partial charge is 0.227 e. The Morgan fingerprint density at radius 3 is 2.62 bits per heavy atom. The molecule has 0 radical (unpaired) electrons. The zero-order valence-corrected chi connectivity index (χ0v) is 19.0. The van der Waals surface area contributed by atoms with Crippen molar-refractivity contribution in [3.05, 3.63) is 84.7 Å². The molecule has 174 valence electrons. The van der Waals surface area contributed by atoms with Crippen LogP contribution >= 0.6 is 0 Å². The molecule has 7 nitrogen and oxygen atoms in total. The lowest BCUT2D eigenvalue weighted by atomic mass is 10.1. The van der Waals surface area contributed by atoms with E-state index in [0.717, 1.165) is 22.5 Å². The number of amides is 1. The van der Waals surface area contributed by atoms with Gasteiger partial charge in [0.1, 0.15) is 30.0 Å². The molecular formula is C27H27N3O4. The van der Waals surface area contributed by atoms with Gasteiger partial charge >= 0.3 is 0 Å². The van der Waals surface area contributed by atoms with Gasteiger partial charge in [-0.1, -0.05) is 36.4 Å². The summed E-state index contributed by atoms with van der Waals surface area (Å²) in [5.74, 6) is 2.19. The van der Waals surface area contributed by atoms with E-state index in [1.54, 1.807) is 12.0 Å². The highest BCUT2D eigenvalue weighted by Gasteiger charge is 2.35. The van der Waals surface area contributed by atoms with Crippen molar-refractivity contribution in [3.8, 4) is 11.5 Å². The number of methoxy groups -OCH3 is 1. The highest BCUT2D eigenvalue weighted by molar-refractivity contribution is 5.96. The Hall–Kier alpha value is -3.84. The molecule has 1 saturated heterocycles. The summed E-state index contributed by atoms with van der Waals surface area (Å²) >= 11 is 0. The van der Waals surface area contributed by atoms with Gasteiger partial charge in [-0.25, -0.2) is 4.98 Å². The van der Waals surface area contributed by atoms with Crippen LogP contribution in [0.2, 0.25) is 0 Å². The number of para-hydroxylation sites is 3. The molecular weight excluding hydrogens is 430 g/mol. The van der Waals surface area contributed by atoms with Gasteiger partial charge in [-0.2, -0.15) is 0 Å². The highest BCUT2D eigenvalue weighted by Crippen LogP contribution is 2.34. The number of fused-ring (bicyclic) bond motifs is 1. The number of benzene rings is 3. The quantitative estimate of drug-likeness (QED) is 0.433. The Balaban J connectivity index is 1.39. The van der Waals surface area contributed by atoms with Crippen molar-refractivity contribution in [2.45, 2.75) is 25.0 Å². The van der Waals surface area contributed by atoms with Crippen molar-refractivity contribution in [2.75, 3.05) is 25.2 Å². The minimum Gasteiger partial charge on any atom is -0.497 e. The van der Waals surface area contributed by atoms with Crippen LogP contribution in [0.1, 0.15) is 18.2 Å². The summed E-state index contributed by atoms with van der Waals surface area (Å²) in [7, 11) is 1.61. The Bertz CT molecular complexity index is 1290. The maximum Gasteiger partial charge on any atom is 0.227 e. The molecule has 2 heterocycles. The predicted octanol–water partition coefficient (Wildman–Crippen LogP) is 4.01. The first-order valence-electron chi connectivity index (χ1n) is 11.4. The molecule has 0 saturated carbocycles. The molecule has 1 amide bonds. The number of rotatable bonds is 8. The van der Waals surface area contributed by atoms with Crippen molar-refractivity contribution in [3.63, 3.8) is 0 Å². The third-order valence-corrected chi connectivity index (χ3v) is 6.12. The van der Waals surface area contributed by atoms with Crippen LogP contribution in [-0.2, 0) is 11.3 Å². The number of hydrogen-bond acceptors (Lipinski definition) is 5. The van der Waals surface area contributed by atoms with Gasteiger partial charge in [-0.05, 0) is 36.4 Å². The Morgan fingerprint density at radius 2 is 1.79 bits per heavy atom. The first kappa shape index (κ1) is 22.0. The first-order chi connectivity index (χ1) is 16.6. The monoisotopic (exact) mass is 457 g/mol. The molecule has 1 N–H and O–H groups in total. The number of aliphatic hydroxyl groups is 1. The second-order valence-electron chi connectivity index (χ2n) is 8.45. The van der Waals surface area contributed by atoms with Gasteiger partial charge in [0.15, 0.2) is 0 Å². The number of carbonyl (C=O) groups excluding carboxylic acids is 1. The van der Waals surface area contributed by atoms with E-state index in [0.29, 0.717) is 31.0 Å². The Kier molecular flexibility index (Phi) is 6.18. The van der Waals surface area contributed by atoms with Crippen LogP contribution in [0.4, 0.5) is 5.69 Å². The molecule has 3 aromatic carbocycles. The molecule has 5 rings (SSSR count). The Labute approximate surface area is 198 Å². The summed E-state index contributed by atoms with van der Waals surface area (Å²) in [6, 6.07) is 24.8. The van der Waals surface area contributed by atoms with Crippen LogP contribution < -0.4 is 14.4 Å². The number of anilines is 1. The average Bonchev–Trinajstić information content (AvgIpc) is 3.44. The fraction of sp³-hybridized carbons (Fsp3) is 0.259. The van der Waals surface area contributed by atoms with Crippen LogP contribution in [0.25, 0.3) is 11.0 Å². The van der Waals surface area contributed by atoms with E-state index < -0.39 is 6.10 Å². The third-order valence-electron chi connectivity index (χ3n) is 6.12. The maximum absolute atomic E-state index is 12.9. The van der Waals surface area contributed by atoms with Gasteiger partial charge in [0, 0.05) is 30.6 Å². The number of imidazole rings is 1. The van der Waals surface area contributed by atoms with E-state index >= 15 is 0 Å². The van der Waals surface area contributed by atoms with Crippen LogP contribution in [0.15, 0.2) is 78.9 Å². The second kappa shape index (κ2) is 9.57. The topological polar surface area (TPSA) is 76.8 Å². The van der Waals surface area contributed by atoms with Crippen LogP contribution in [0, 0.1) is 0 Å². The fourth-order valence-corrected chi connectivity index (χ4v) is 4.48. The van der Waals surface area contributed by atoms with E-state index in [-0.39, 0.29) is 18.4 Å². The summed E-state index contributed by atoms with van der Waals surface area (Å²) < 4.78 is 13.1. The van der Waals surface area contributed by atoms with Gasteiger partial charge in [-0.3, -0.25) is 4.79 Å². The summed E-state index contributed by atoms with van der Waals surface area (Å²) in [6.45, 7) is 1.01. The molecule has 1 fully saturated rings. The summed E-state index contributed by atoms with van der Waals surface area (Å²) in [5, 5.41) is 10.8. The van der Waals surface area contributed by atoms with Gasteiger partial charge in [0.2, 0.25) is 5.91 Å². The molecule has 0 unspecified atom stereocenters. The molecule has 1 aliphatic rings. The standard InChI is InChI=1S/C27H27N3O4/c1-33-23-11-7-8-20(15-23)29-16-19(14-26(29)32)27-28-24-12-5-6-13-25(24)30(27)17-21(31)18-34-22-9-3-2-4-10-22/h2-13,15,19,21,31H,14,16-18H2,1H3/t19-,21-/m1/s1. The van der Waals surface area contributed by atoms with Crippen LogP contribution in [0.5, 0.6) is 11.5 Å². The number of aromatic nitrogens is 2. The maximum atomic E-state index is 12.9. The zero-order chi connectivity index (χ0) is 23.5. The van der Waals surface area contributed by atoms with E-state index in [9.17, 15) is 9.90 Å². The molecule has 0 spiro atoms. The number of aliphatic hydroxyl groups excluding tert-OH is 1. The predicted molar refractivity (Wildman–Crippen MR) is 130 cm³/mol. The average molecular weight is 458 g/mol. The molecule has 7 heteroatoms. The van der Waals surface area contributed by atoms with Crippen LogP contribution in [0.3, 0.4) is 0 Å². The van der Waals surface area contributed by atoms with E-state index in [2.05, 4.69) is 0 Å². The zero-order valence-electron chi connectivity index (χ0n) is 19.0. The van der Waals surface area contributed by atoms with E-state index in [1.165, 1.54) is 0 Å². The van der Waals surface area contributed by atoms with E-state index in [4.69, 9.17) is 14.5 Å². The van der Waals surface area contributed by atoms with E-state index in [1.807, 2.05) is 83.4 Å². The summed E-state index contributed by atoms with van der Waals surface area (Å²) in [4.78, 5) is 19.6. The molecule has 34 heavy (non-hydrogen) atoms. The van der Waals surface area contributed by atoms with Crippen molar-refractivity contribution in [1.29, 1.82) is 0 Å². The van der Waals surface area contributed by atoms with Crippen molar-refractivity contribution < 1.29 is 19.4 Å². The molecule has 4 aromatic rings. The summed E-state index contributed by atoms with van der Waals surface area (Å²) in [5.41, 5.74) is 2.59. The number of ether oxygens (including phenoxy) is 2. The van der Waals surface area contributed by atoms with Crippen LogP contribution in [-0.4, -0.2) is 46.9 Å². The Morgan fingerprint density at radius 1 is 1.03 bits per heavy atom. The molecule has 2 atom stereocenters. The van der Waals surface area contributed by atoms with Gasteiger partial charge in [-0.15, -0.1) is 0 Å². The lowest BCUT2D eigenvalue weighted by Crippen LogP contribution is -2.26. The normalized spacial score (nSPS) is 16.7. The SMILES string of the molecule is COc1cccc(N2C[C@H](c3nc4ccccc4n3C[C@@H](O)COc3ccccc3)CC2=O)c1. The number of nitrogens with zero attached hydrogens (tertiary/aromatic N) is 3. The van der Waals surface area contributed by atoms with Gasteiger partial charge in [0.25, 0.3) is 0 Å². The van der Waals surface area contributed by atoms with Crippen molar-refractivity contribution >= 4 is 22.6 Å². The molecule has 1 aliphatic heterocycles. The molecule has 1 aromatic heterocycles. The molecule has 0 bridgehead atoms.